The molecule has 2 N–H and O–H groups in total. The van der Waals surface area contributed by atoms with Crippen molar-refractivity contribution in [2.45, 2.75) is 94.8 Å². The van der Waals surface area contributed by atoms with Crippen LogP contribution in [0.2, 0.25) is 0 Å². The molecule has 13 nitrogen and oxygen atoms in total. The van der Waals surface area contributed by atoms with Crippen LogP contribution in [-0.2, 0) is 29.2 Å². The lowest BCUT2D eigenvalue weighted by Gasteiger charge is -2.37. The van der Waals surface area contributed by atoms with E-state index in [1.54, 1.807) is 52.1 Å². The number of halogens is 3. The summed E-state index contributed by atoms with van der Waals surface area (Å²) in [4.78, 5) is 64.4. The number of aromatic nitrogens is 1. The lowest BCUT2D eigenvalue weighted by atomic mass is 9.77. The maximum Gasteiger partial charge on any atom is 0.391 e. The first-order valence-electron chi connectivity index (χ1n) is 20.6. The molecule has 2 aromatic carbocycles. The molecule has 5 atom stereocenters. The summed E-state index contributed by atoms with van der Waals surface area (Å²) in [5.41, 5.74) is -0.488. The molecule has 4 fully saturated rings. The first-order chi connectivity index (χ1) is 28.7. The van der Waals surface area contributed by atoms with Crippen LogP contribution in [0.4, 0.5) is 13.2 Å². The number of rotatable bonds is 13. The zero-order chi connectivity index (χ0) is 44.1. The highest BCUT2D eigenvalue weighted by Gasteiger charge is 2.62. The fraction of sp³-hybridized carbons (Fsp3) is 0.523. The minimum atomic E-state index is -4.36. The van der Waals surface area contributed by atoms with Crippen LogP contribution in [0.3, 0.4) is 0 Å². The molecular formula is C44H52F3N5O8S. The van der Waals surface area contributed by atoms with E-state index < -0.39 is 85.9 Å². The second kappa shape index (κ2) is 16.6. The molecule has 4 aliphatic rings. The monoisotopic (exact) mass is 867 g/mol. The minimum Gasteiger partial charge on any atom is -0.497 e. The number of hydrogen-bond donors (Lipinski definition) is 2. The van der Waals surface area contributed by atoms with E-state index in [-0.39, 0.29) is 51.7 Å². The number of sulfonamides is 1. The molecule has 0 radical (unpaired) electrons. The maximum absolute atomic E-state index is 14.9. The number of carbonyl (C=O) groups is 4. The van der Waals surface area contributed by atoms with E-state index in [2.05, 4.69) is 16.6 Å². The van der Waals surface area contributed by atoms with Crippen LogP contribution in [0, 0.1) is 23.2 Å². The molecule has 0 bridgehead atoms. The van der Waals surface area contributed by atoms with Crippen molar-refractivity contribution >= 4 is 44.6 Å². The Morgan fingerprint density at radius 1 is 1.02 bits per heavy atom. The van der Waals surface area contributed by atoms with E-state index >= 15 is 0 Å². The number of amides is 4. The minimum absolute atomic E-state index is 0.0369. The first kappa shape index (κ1) is 43.9. The van der Waals surface area contributed by atoms with E-state index in [9.17, 15) is 40.8 Å². The molecule has 3 aromatic rings. The highest BCUT2D eigenvalue weighted by Crippen LogP contribution is 2.46. The van der Waals surface area contributed by atoms with Crippen molar-refractivity contribution in [2.24, 2.45) is 23.2 Å². The van der Waals surface area contributed by atoms with Gasteiger partial charge in [-0.2, -0.15) is 13.2 Å². The molecule has 4 amide bonds. The van der Waals surface area contributed by atoms with Gasteiger partial charge in [-0.25, -0.2) is 13.4 Å². The van der Waals surface area contributed by atoms with Crippen LogP contribution in [-0.4, -0.2) is 103 Å². The van der Waals surface area contributed by atoms with Crippen molar-refractivity contribution in [2.75, 3.05) is 26.7 Å². The number of methoxy groups -OCH3 is 1. The third-order valence-electron chi connectivity index (χ3n) is 12.5. The Kier molecular flexibility index (Phi) is 11.9. The Balaban J connectivity index is 1.19. The zero-order valence-electron chi connectivity index (χ0n) is 34.7. The number of piperidine rings is 1. The summed E-state index contributed by atoms with van der Waals surface area (Å²) in [6.07, 6.45) is -3.56. The van der Waals surface area contributed by atoms with Gasteiger partial charge >= 0.3 is 6.18 Å². The molecule has 2 aliphatic carbocycles. The van der Waals surface area contributed by atoms with Crippen molar-refractivity contribution < 1.29 is 50.2 Å². The number of alkyl halides is 3. The molecule has 2 aliphatic heterocycles. The van der Waals surface area contributed by atoms with Gasteiger partial charge in [0.2, 0.25) is 27.7 Å². The Bertz CT molecular complexity index is 2310. The molecule has 328 valence electrons. The molecule has 0 spiro atoms. The normalized spacial score (nSPS) is 23.9. The number of ether oxygens (including phenoxy) is 2. The van der Waals surface area contributed by atoms with Crippen LogP contribution < -0.4 is 19.5 Å². The second-order valence-corrected chi connectivity index (χ2v) is 19.7. The number of carbonyl (C=O) groups excluding carboxylic acids is 4. The van der Waals surface area contributed by atoms with Gasteiger partial charge in [0.1, 0.15) is 29.2 Å². The van der Waals surface area contributed by atoms with E-state index in [1.807, 2.05) is 30.3 Å². The predicted octanol–water partition coefficient (Wildman–Crippen LogP) is 5.78. The number of likely N-dealkylation sites (tertiary alicyclic amines) is 2. The summed E-state index contributed by atoms with van der Waals surface area (Å²) in [5, 5.41) is 2.74. The predicted molar refractivity (Wildman–Crippen MR) is 220 cm³/mol. The Labute approximate surface area is 353 Å². The van der Waals surface area contributed by atoms with Gasteiger partial charge < -0.3 is 24.6 Å². The van der Waals surface area contributed by atoms with Crippen LogP contribution in [0.15, 0.2) is 67.3 Å². The van der Waals surface area contributed by atoms with Gasteiger partial charge in [0.25, 0.3) is 5.91 Å². The van der Waals surface area contributed by atoms with Crippen molar-refractivity contribution in [3.05, 3.63) is 67.3 Å². The number of fused-ring (bicyclic) bond motifs is 1. The van der Waals surface area contributed by atoms with Gasteiger partial charge in [-0.1, -0.05) is 57.2 Å². The summed E-state index contributed by atoms with van der Waals surface area (Å²) in [5.74, 6) is -4.72. The molecule has 1 unspecified atom stereocenters. The highest BCUT2D eigenvalue weighted by molar-refractivity contribution is 7.91. The van der Waals surface area contributed by atoms with Crippen LogP contribution in [0.1, 0.15) is 65.7 Å². The summed E-state index contributed by atoms with van der Waals surface area (Å²) in [6, 6.07) is 15.3. The molecule has 3 heterocycles. The van der Waals surface area contributed by atoms with Gasteiger partial charge in [-0.15, -0.1) is 6.58 Å². The standard InChI is InChI=1S/C44H52F3N5O8S/c1-6-27-24-43(27,41(56)50-61(57,58)31-13-14-31)49-39(54)36-21-30(60-37-23-34(26-10-8-7-9-11-26)48-35-20-29(59-5)12-15-32(35)37)25-52(36)40(55)33(42(2,3)4)22-38(53)51-18-16-28(17-19-51)44(45,46)47/h6-12,15,20,23,27-28,30-31,33,36H,1,13-14,16-19,21-22,24-25H2,2-5H3,(H,49,54)(H,50,56)/t27-,30-,33?,36+,43-/m1/s1. The van der Waals surface area contributed by atoms with Gasteiger partial charge in [-0.3, -0.25) is 23.9 Å². The average molecular weight is 868 g/mol. The number of pyridine rings is 1. The smallest absolute Gasteiger partial charge is 0.391 e. The SMILES string of the molecule is C=C[C@@H]1C[C@]1(NC(=O)[C@@H]1C[C@@H](Oc2cc(-c3ccccc3)nc3cc(OC)ccc23)CN1C(=O)C(CC(=O)N1CCC(C(F)(F)F)CC1)C(C)(C)C)C(=O)NS(=O)(=O)C1CC1. The summed E-state index contributed by atoms with van der Waals surface area (Å²) < 4.78 is 80.2. The molecular weight excluding hydrogens is 816 g/mol. The Morgan fingerprint density at radius 3 is 2.30 bits per heavy atom. The zero-order valence-corrected chi connectivity index (χ0v) is 35.5. The Hall–Kier alpha value is -5.19. The van der Waals surface area contributed by atoms with Crippen LogP contribution in [0.25, 0.3) is 22.2 Å². The third kappa shape index (κ3) is 9.36. The summed E-state index contributed by atoms with van der Waals surface area (Å²) >= 11 is 0. The fourth-order valence-corrected chi connectivity index (χ4v) is 9.82. The molecule has 7 rings (SSSR count). The van der Waals surface area contributed by atoms with Gasteiger partial charge in [0.15, 0.2) is 0 Å². The van der Waals surface area contributed by atoms with E-state index in [1.165, 1.54) is 15.9 Å². The molecule has 1 aromatic heterocycles. The van der Waals surface area contributed by atoms with E-state index in [0.29, 0.717) is 40.9 Å². The van der Waals surface area contributed by atoms with Crippen molar-refractivity contribution in [3.63, 3.8) is 0 Å². The van der Waals surface area contributed by atoms with Crippen molar-refractivity contribution in [1.29, 1.82) is 0 Å². The summed E-state index contributed by atoms with van der Waals surface area (Å²) in [7, 11) is -2.42. The number of hydrogen-bond acceptors (Lipinski definition) is 9. The van der Waals surface area contributed by atoms with Gasteiger partial charge in [0, 0.05) is 54.9 Å². The van der Waals surface area contributed by atoms with E-state index in [0.717, 1.165) is 5.56 Å². The summed E-state index contributed by atoms with van der Waals surface area (Å²) in [6.45, 7) is 8.81. The topological polar surface area (TPSA) is 164 Å². The maximum atomic E-state index is 14.9. The number of benzene rings is 2. The Morgan fingerprint density at radius 2 is 1.70 bits per heavy atom. The average Bonchev–Trinajstić information content (AvgIpc) is 4.15. The largest absolute Gasteiger partial charge is 0.497 e. The van der Waals surface area contributed by atoms with Crippen molar-refractivity contribution in [1.82, 2.24) is 24.8 Å². The molecule has 2 saturated heterocycles. The van der Waals surface area contributed by atoms with E-state index in [4.69, 9.17) is 14.5 Å². The quantitative estimate of drug-likeness (QED) is 0.203. The van der Waals surface area contributed by atoms with Crippen molar-refractivity contribution in [3.8, 4) is 22.8 Å². The molecule has 61 heavy (non-hydrogen) atoms. The van der Waals surface area contributed by atoms with Crippen LogP contribution in [0.5, 0.6) is 11.5 Å². The lowest BCUT2D eigenvalue weighted by molar-refractivity contribution is -0.186. The lowest BCUT2D eigenvalue weighted by Crippen LogP contribution is -2.57. The van der Waals surface area contributed by atoms with Crippen LogP contribution >= 0.6 is 0 Å². The number of nitrogens with zero attached hydrogens (tertiary/aromatic N) is 3. The molecule has 2 saturated carbocycles. The highest BCUT2D eigenvalue weighted by atomic mass is 32.2. The molecule has 17 heteroatoms. The second-order valence-electron chi connectivity index (χ2n) is 17.7. The van der Waals surface area contributed by atoms with Gasteiger partial charge in [-0.05, 0) is 49.7 Å². The van der Waals surface area contributed by atoms with Gasteiger partial charge in [0.05, 0.1) is 42.0 Å². The fourth-order valence-electron chi connectivity index (χ4n) is 8.46. The third-order valence-corrected chi connectivity index (χ3v) is 14.3. The number of nitrogens with one attached hydrogen (secondary N) is 2. The first-order valence-corrected chi connectivity index (χ1v) is 22.1.